The normalized spacial score (nSPS) is 10.4. The molecule has 6 nitrogen and oxygen atoms in total. The highest BCUT2D eigenvalue weighted by Gasteiger charge is 2.12. The van der Waals surface area contributed by atoms with E-state index in [4.69, 9.17) is 5.21 Å². The van der Waals surface area contributed by atoms with Crippen LogP contribution < -0.4 is 5.32 Å². The van der Waals surface area contributed by atoms with Crippen LogP contribution in [0.4, 0.5) is 11.4 Å². The monoisotopic (exact) mass is 195 g/mol. The number of hydrogen-bond donors (Lipinski definition) is 2. The largest absolute Gasteiger partial charge is 0.411 e. The Hall–Kier alpha value is -2.11. The highest BCUT2D eigenvalue weighted by Crippen LogP contribution is 2.24. The van der Waals surface area contributed by atoms with Gasteiger partial charge in [-0.3, -0.25) is 10.1 Å². The molecule has 6 heteroatoms. The molecule has 0 atom stereocenters. The van der Waals surface area contributed by atoms with E-state index < -0.39 is 4.92 Å². The first kappa shape index (κ1) is 9.97. The van der Waals surface area contributed by atoms with Crippen molar-refractivity contribution in [2.24, 2.45) is 5.16 Å². The number of hydrogen-bond acceptors (Lipinski definition) is 5. The number of nitrogens with zero attached hydrogens (tertiary/aromatic N) is 2. The molecule has 14 heavy (non-hydrogen) atoms. The summed E-state index contributed by atoms with van der Waals surface area (Å²) >= 11 is 0. The Balaban J connectivity index is 3.20. The van der Waals surface area contributed by atoms with Crippen molar-refractivity contribution in [2.45, 2.75) is 0 Å². The van der Waals surface area contributed by atoms with Crippen LogP contribution in [0, 0.1) is 10.1 Å². The average Bonchev–Trinajstić information content (AvgIpc) is 2.18. The first-order chi connectivity index (χ1) is 6.69. The number of rotatable bonds is 3. The van der Waals surface area contributed by atoms with Crippen molar-refractivity contribution in [3.05, 3.63) is 33.9 Å². The first-order valence-corrected chi connectivity index (χ1v) is 3.82. The van der Waals surface area contributed by atoms with E-state index in [1.807, 2.05) is 0 Å². The predicted molar refractivity (Wildman–Crippen MR) is 52.0 cm³/mol. The number of nitro benzene ring substituents is 1. The van der Waals surface area contributed by atoms with E-state index in [2.05, 4.69) is 10.5 Å². The molecule has 0 aromatic heterocycles. The summed E-state index contributed by atoms with van der Waals surface area (Å²) in [5.41, 5.74) is 0.841. The van der Waals surface area contributed by atoms with Gasteiger partial charge in [-0.25, -0.2) is 0 Å². The second-order valence-electron chi connectivity index (χ2n) is 2.53. The minimum Gasteiger partial charge on any atom is -0.411 e. The van der Waals surface area contributed by atoms with E-state index in [0.29, 0.717) is 11.3 Å². The fraction of sp³-hybridized carbons (Fsp3) is 0.125. The summed E-state index contributed by atoms with van der Waals surface area (Å²) in [5, 5.41) is 24.3. The van der Waals surface area contributed by atoms with E-state index in [1.165, 1.54) is 6.07 Å². The van der Waals surface area contributed by atoms with Crippen LogP contribution in [0.5, 0.6) is 0 Å². The van der Waals surface area contributed by atoms with Gasteiger partial charge in [-0.15, -0.1) is 0 Å². The third kappa shape index (κ3) is 1.98. The van der Waals surface area contributed by atoms with Crippen LogP contribution in [0.15, 0.2) is 23.4 Å². The third-order valence-corrected chi connectivity index (χ3v) is 1.69. The summed E-state index contributed by atoms with van der Waals surface area (Å²) in [6.07, 6.45) is 1.13. The number of oxime groups is 1. The van der Waals surface area contributed by atoms with Gasteiger partial charge in [0.15, 0.2) is 0 Å². The Morgan fingerprint density at radius 1 is 1.64 bits per heavy atom. The minimum absolute atomic E-state index is 0.0510. The van der Waals surface area contributed by atoms with Crippen molar-refractivity contribution in [1.29, 1.82) is 0 Å². The molecule has 1 aromatic rings. The van der Waals surface area contributed by atoms with E-state index in [-0.39, 0.29) is 5.69 Å². The standard InChI is InChI=1S/C8H9N3O3/c1-9-7-3-2-6(5-10-12)4-8(7)11(13)14/h2-5,9,12H,1H3/b10-5+. The zero-order valence-electron chi connectivity index (χ0n) is 7.47. The number of nitrogens with one attached hydrogen (secondary N) is 1. The van der Waals surface area contributed by atoms with Gasteiger partial charge in [0.05, 0.1) is 11.1 Å². The van der Waals surface area contributed by atoms with E-state index in [0.717, 1.165) is 6.21 Å². The minimum atomic E-state index is -0.499. The molecule has 0 amide bonds. The SMILES string of the molecule is CNc1ccc(/C=N/O)cc1[N+](=O)[O-]. The molecule has 0 saturated carbocycles. The van der Waals surface area contributed by atoms with Crippen LogP contribution in [0.2, 0.25) is 0 Å². The maximum absolute atomic E-state index is 10.6. The summed E-state index contributed by atoms with van der Waals surface area (Å²) in [6, 6.07) is 4.49. The van der Waals surface area contributed by atoms with Gasteiger partial charge >= 0.3 is 0 Å². The molecule has 2 N–H and O–H groups in total. The zero-order chi connectivity index (χ0) is 10.6. The molecule has 0 aliphatic carbocycles. The predicted octanol–water partition coefficient (Wildman–Crippen LogP) is 1.44. The molecule has 0 spiro atoms. The third-order valence-electron chi connectivity index (χ3n) is 1.69. The smallest absolute Gasteiger partial charge is 0.292 e. The fourth-order valence-electron chi connectivity index (χ4n) is 1.06. The molecule has 1 aromatic carbocycles. The van der Waals surface area contributed by atoms with E-state index >= 15 is 0 Å². The van der Waals surface area contributed by atoms with Crippen molar-refractivity contribution in [3.63, 3.8) is 0 Å². The Labute approximate surface area is 80.0 Å². The van der Waals surface area contributed by atoms with Gasteiger partial charge in [0.25, 0.3) is 5.69 Å². The summed E-state index contributed by atoms with van der Waals surface area (Å²) < 4.78 is 0. The van der Waals surface area contributed by atoms with Gasteiger partial charge in [-0.05, 0) is 6.07 Å². The molecule has 0 aliphatic heterocycles. The summed E-state index contributed by atoms with van der Waals surface area (Å²) in [4.78, 5) is 10.1. The molecule has 0 radical (unpaired) electrons. The van der Waals surface area contributed by atoms with Gasteiger partial charge in [0, 0.05) is 18.7 Å². The molecule has 0 fully saturated rings. The first-order valence-electron chi connectivity index (χ1n) is 3.82. The summed E-state index contributed by atoms with van der Waals surface area (Å²) in [7, 11) is 1.60. The van der Waals surface area contributed by atoms with E-state index in [1.54, 1.807) is 19.2 Å². The quantitative estimate of drug-likeness (QED) is 0.330. The van der Waals surface area contributed by atoms with Crippen LogP contribution in [0.25, 0.3) is 0 Å². The lowest BCUT2D eigenvalue weighted by Gasteiger charge is -2.01. The molecule has 0 unspecified atom stereocenters. The Kier molecular flexibility index (Phi) is 3.01. The second kappa shape index (κ2) is 4.22. The van der Waals surface area contributed by atoms with Crippen molar-refractivity contribution >= 4 is 17.6 Å². The van der Waals surface area contributed by atoms with Crippen LogP contribution >= 0.6 is 0 Å². The molecule has 0 aliphatic rings. The molecule has 0 saturated heterocycles. The average molecular weight is 195 g/mol. The van der Waals surface area contributed by atoms with Gasteiger partial charge in [-0.1, -0.05) is 11.2 Å². The van der Waals surface area contributed by atoms with Gasteiger partial charge in [-0.2, -0.15) is 0 Å². The van der Waals surface area contributed by atoms with Crippen LogP contribution in [0.3, 0.4) is 0 Å². The topological polar surface area (TPSA) is 87.8 Å². The van der Waals surface area contributed by atoms with Crippen LogP contribution in [0.1, 0.15) is 5.56 Å². The lowest BCUT2D eigenvalue weighted by atomic mass is 10.2. The van der Waals surface area contributed by atoms with Crippen molar-refractivity contribution in [2.75, 3.05) is 12.4 Å². The Bertz CT molecular complexity index is 376. The van der Waals surface area contributed by atoms with Gasteiger partial charge in [0.1, 0.15) is 5.69 Å². The highest BCUT2D eigenvalue weighted by atomic mass is 16.6. The maximum Gasteiger partial charge on any atom is 0.292 e. The molecular weight excluding hydrogens is 186 g/mol. The highest BCUT2D eigenvalue weighted by molar-refractivity contribution is 5.82. The Morgan fingerprint density at radius 3 is 2.86 bits per heavy atom. The number of anilines is 1. The molecule has 0 heterocycles. The number of nitro groups is 1. The van der Waals surface area contributed by atoms with Crippen LogP contribution in [-0.4, -0.2) is 23.4 Å². The lowest BCUT2D eigenvalue weighted by molar-refractivity contribution is -0.383. The molecule has 1 rings (SSSR count). The second-order valence-corrected chi connectivity index (χ2v) is 2.53. The van der Waals surface area contributed by atoms with Gasteiger partial charge in [0.2, 0.25) is 0 Å². The molecule has 0 bridgehead atoms. The summed E-state index contributed by atoms with van der Waals surface area (Å²) in [6.45, 7) is 0. The number of benzene rings is 1. The van der Waals surface area contributed by atoms with E-state index in [9.17, 15) is 10.1 Å². The maximum atomic E-state index is 10.6. The summed E-state index contributed by atoms with van der Waals surface area (Å²) in [5.74, 6) is 0. The van der Waals surface area contributed by atoms with Gasteiger partial charge < -0.3 is 10.5 Å². The Morgan fingerprint density at radius 2 is 2.36 bits per heavy atom. The van der Waals surface area contributed by atoms with Crippen molar-refractivity contribution in [3.8, 4) is 0 Å². The van der Waals surface area contributed by atoms with Crippen molar-refractivity contribution < 1.29 is 10.1 Å². The lowest BCUT2D eigenvalue weighted by Crippen LogP contribution is -1.97. The van der Waals surface area contributed by atoms with Crippen molar-refractivity contribution in [1.82, 2.24) is 0 Å². The molecule has 74 valence electrons. The van der Waals surface area contributed by atoms with Crippen LogP contribution in [-0.2, 0) is 0 Å². The zero-order valence-corrected chi connectivity index (χ0v) is 7.47. The fourth-order valence-corrected chi connectivity index (χ4v) is 1.06. The molecular formula is C8H9N3O3.